The van der Waals surface area contributed by atoms with Crippen LogP contribution in [0.4, 0.5) is 8.78 Å². The fourth-order valence-corrected chi connectivity index (χ4v) is 1.17. The van der Waals surface area contributed by atoms with Gasteiger partial charge >= 0.3 is 5.97 Å². The van der Waals surface area contributed by atoms with Gasteiger partial charge in [0.15, 0.2) is 5.82 Å². The van der Waals surface area contributed by atoms with E-state index >= 15 is 0 Å². The van der Waals surface area contributed by atoms with Crippen molar-refractivity contribution in [3.05, 3.63) is 29.6 Å². The number of nitrogens with zero attached hydrogens (tertiary/aromatic N) is 1. The molecule has 0 bridgehead atoms. The van der Waals surface area contributed by atoms with Gasteiger partial charge in [0.1, 0.15) is 5.56 Å². The first-order valence-electron chi connectivity index (χ1n) is 5.14. The molecule has 0 atom stereocenters. The molecular weight excluding hydrogens is 216 g/mol. The molecule has 0 saturated carbocycles. The van der Waals surface area contributed by atoms with Gasteiger partial charge in [-0.2, -0.15) is 4.39 Å². The summed E-state index contributed by atoms with van der Waals surface area (Å²) in [6.07, 6.45) is 3.68. The van der Waals surface area contributed by atoms with Crippen molar-refractivity contribution in [2.45, 2.75) is 26.2 Å². The van der Waals surface area contributed by atoms with Crippen molar-refractivity contribution < 1.29 is 18.3 Å². The number of hydrogen-bond acceptors (Lipinski definition) is 3. The summed E-state index contributed by atoms with van der Waals surface area (Å²) in [5.74, 6) is -3.40. The number of carbonyl (C=O) groups is 1. The number of aromatic nitrogens is 1. The number of hydrogen-bond donors (Lipinski definition) is 0. The second kappa shape index (κ2) is 6.15. The predicted octanol–water partition coefficient (Wildman–Crippen LogP) is 2.71. The van der Waals surface area contributed by atoms with Gasteiger partial charge in [0, 0.05) is 6.20 Å². The third-order valence-electron chi connectivity index (χ3n) is 2.05. The average molecular weight is 229 g/mol. The Hall–Kier alpha value is -1.52. The molecular formula is C11H13F2NO2. The van der Waals surface area contributed by atoms with Gasteiger partial charge in [-0.05, 0) is 12.5 Å². The van der Waals surface area contributed by atoms with Crippen LogP contribution >= 0.6 is 0 Å². The lowest BCUT2D eigenvalue weighted by atomic mass is 10.2. The SMILES string of the molecule is CCCCCOC(=O)c1ccnc(F)c1F. The number of rotatable bonds is 5. The molecule has 1 aromatic rings. The van der Waals surface area contributed by atoms with Crippen molar-refractivity contribution in [2.24, 2.45) is 0 Å². The van der Waals surface area contributed by atoms with E-state index in [1.54, 1.807) is 0 Å². The van der Waals surface area contributed by atoms with Gasteiger partial charge in [-0.25, -0.2) is 14.2 Å². The molecule has 88 valence electrons. The highest BCUT2D eigenvalue weighted by molar-refractivity contribution is 5.89. The van der Waals surface area contributed by atoms with Crippen LogP contribution in [0.2, 0.25) is 0 Å². The van der Waals surface area contributed by atoms with Crippen LogP contribution in [0.15, 0.2) is 12.3 Å². The highest BCUT2D eigenvalue weighted by Gasteiger charge is 2.16. The van der Waals surface area contributed by atoms with Crippen molar-refractivity contribution in [3.63, 3.8) is 0 Å². The fraction of sp³-hybridized carbons (Fsp3) is 0.455. The molecule has 1 aromatic heterocycles. The van der Waals surface area contributed by atoms with Crippen LogP contribution in [0.25, 0.3) is 0 Å². The van der Waals surface area contributed by atoms with Gasteiger partial charge in [-0.3, -0.25) is 0 Å². The molecule has 0 aromatic carbocycles. The zero-order chi connectivity index (χ0) is 12.0. The summed E-state index contributed by atoms with van der Waals surface area (Å²) in [6.45, 7) is 2.23. The molecule has 1 rings (SSSR count). The van der Waals surface area contributed by atoms with Crippen LogP contribution in [0.5, 0.6) is 0 Å². The second-order valence-electron chi connectivity index (χ2n) is 3.31. The van der Waals surface area contributed by atoms with Crippen molar-refractivity contribution in [1.29, 1.82) is 0 Å². The van der Waals surface area contributed by atoms with Crippen LogP contribution in [0.3, 0.4) is 0 Å². The Labute approximate surface area is 92.4 Å². The van der Waals surface area contributed by atoms with Crippen LogP contribution in [-0.4, -0.2) is 17.6 Å². The van der Waals surface area contributed by atoms with Crippen molar-refractivity contribution in [1.82, 2.24) is 4.98 Å². The van der Waals surface area contributed by atoms with Crippen molar-refractivity contribution >= 4 is 5.97 Å². The molecule has 0 spiro atoms. The number of unbranched alkanes of at least 4 members (excludes halogenated alkanes) is 2. The first-order chi connectivity index (χ1) is 7.66. The minimum Gasteiger partial charge on any atom is -0.462 e. The number of ether oxygens (including phenoxy) is 1. The molecule has 0 aliphatic carbocycles. The topological polar surface area (TPSA) is 39.2 Å². The van der Waals surface area contributed by atoms with E-state index in [0.717, 1.165) is 31.5 Å². The lowest BCUT2D eigenvalue weighted by Gasteiger charge is -2.04. The summed E-state index contributed by atoms with van der Waals surface area (Å²) >= 11 is 0. The molecule has 0 unspecified atom stereocenters. The zero-order valence-corrected chi connectivity index (χ0v) is 9.00. The summed E-state index contributed by atoms with van der Waals surface area (Å²) in [5, 5.41) is 0. The van der Waals surface area contributed by atoms with Crippen LogP contribution in [0.1, 0.15) is 36.5 Å². The molecule has 16 heavy (non-hydrogen) atoms. The largest absolute Gasteiger partial charge is 0.462 e. The summed E-state index contributed by atoms with van der Waals surface area (Å²) in [7, 11) is 0. The summed E-state index contributed by atoms with van der Waals surface area (Å²) < 4.78 is 30.6. The number of esters is 1. The zero-order valence-electron chi connectivity index (χ0n) is 9.00. The van der Waals surface area contributed by atoms with Gasteiger partial charge in [0.05, 0.1) is 6.61 Å². The minimum absolute atomic E-state index is 0.218. The Morgan fingerprint density at radius 2 is 2.19 bits per heavy atom. The Morgan fingerprint density at radius 3 is 2.88 bits per heavy atom. The standard InChI is InChI=1S/C11H13F2NO2/c1-2-3-4-7-16-11(15)8-5-6-14-10(13)9(8)12/h5-6H,2-4,7H2,1H3. The highest BCUT2D eigenvalue weighted by Crippen LogP contribution is 2.10. The minimum atomic E-state index is -1.29. The van der Waals surface area contributed by atoms with E-state index in [-0.39, 0.29) is 6.61 Å². The van der Waals surface area contributed by atoms with E-state index < -0.39 is 23.3 Å². The fourth-order valence-electron chi connectivity index (χ4n) is 1.17. The Kier molecular flexibility index (Phi) is 4.82. The maximum absolute atomic E-state index is 13.1. The van der Waals surface area contributed by atoms with E-state index in [1.165, 1.54) is 0 Å². The van der Waals surface area contributed by atoms with Gasteiger partial charge in [0.25, 0.3) is 0 Å². The van der Waals surface area contributed by atoms with E-state index in [9.17, 15) is 13.6 Å². The molecule has 0 aliphatic rings. The monoisotopic (exact) mass is 229 g/mol. The number of carbonyl (C=O) groups excluding carboxylic acids is 1. The third-order valence-corrected chi connectivity index (χ3v) is 2.05. The first-order valence-corrected chi connectivity index (χ1v) is 5.14. The van der Waals surface area contributed by atoms with Gasteiger partial charge < -0.3 is 4.74 Å². The predicted molar refractivity (Wildman–Crippen MR) is 54.0 cm³/mol. The quantitative estimate of drug-likeness (QED) is 0.442. The third kappa shape index (κ3) is 3.25. The van der Waals surface area contributed by atoms with Crippen molar-refractivity contribution in [2.75, 3.05) is 6.61 Å². The Balaban J connectivity index is 2.56. The lowest BCUT2D eigenvalue weighted by Crippen LogP contribution is -2.10. The molecule has 5 heteroatoms. The molecule has 0 amide bonds. The van der Waals surface area contributed by atoms with Crippen LogP contribution < -0.4 is 0 Å². The molecule has 1 heterocycles. The summed E-state index contributed by atoms with van der Waals surface area (Å²) in [6, 6.07) is 1.10. The van der Waals surface area contributed by atoms with Gasteiger partial charge in [-0.1, -0.05) is 19.8 Å². The molecule has 0 saturated heterocycles. The summed E-state index contributed by atoms with van der Waals surface area (Å²) in [5.41, 5.74) is -0.413. The van der Waals surface area contributed by atoms with E-state index in [0.29, 0.717) is 0 Å². The van der Waals surface area contributed by atoms with Gasteiger partial charge in [-0.15, -0.1) is 0 Å². The van der Waals surface area contributed by atoms with Crippen LogP contribution in [-0.2, 0) is 4.74 Å². The maximum atomic E-state index is 13.1. The first kappa shape index (κ1) is 12.5. The highest BCUT2D eigenvalue weighted by atomic mass is 19.2. The lowest BCUT2D eigenvalue weighted by molar-refractivity contribution is 0.0491. The summed E-state index contributed by atoms with van der Waals surface area (Å²) in [4.78, 5) is 14.4. The average Bonchev–Trinajstić information content (AvgIpc) is 2.28. The van der Waals surface area contributed by atoms with E-state index in [2.05, 4.69) is 4.98 Å². The Bertz CT molecular complexity index is 369. The van der Waals surface area contributed by atoms with Crippen LogP contribution in [0, 0.1) is 11.8 Å². The smallest absolute Gasteiger partial charge is 0.341 e. The van der Waals surface area contributed by atoms with E-state index in [1.807, 2.05) is 6.92 Å². The number of halogens is 2. The molecule has 0 N–H and O–H groups in total. The maximum Gasteiger partial charge on any atom is 0.341 e. The van der Waals surface area contributed by atoms with Crippen molar-refractivity contribution in [3.8, 4) is 0 Å². The molecule has 0 aliphatic heterocycles. The molecule has 3 nitrogen and oxygen atoms in total. The van der Waals surface area contributed by atoms with E-state index in [4.69, 9.17) is 4.74 Å². The van der Waals surface area contributed by atoms with Gasteiger partial charge in [0.2, 0.25) is 5.95 Å². The normalized spacial score (nSPS) is 10.2. The second-order valence-corrected chi connectivity index (χ2v) is 3.31. The molecule has 0 radical (unpaired) electrons. The molecule has 0 fully saturated rings. The number of pyridine rings is 1. The Morgan fingerprint density at radius 1 is 1.44 bits per heavy atom.